The molecule has 0 saturated carbocycles. The van der Waals surface area contributed by atoms with Crippen molar-refractivity contribution < 1.29 is 26.6 Å². The van der Waals surface area contributed by atoms with Crippen LogP contribution in [0.4, 0.5) is 0 Å². The summed E-state index contributed by atoms with van der Waals surface area (Å²) in [7, 11) is -6.36. The van der Waals surface area contributed by atoms with E-state index in [9.17, 15) is 0 Å². The fourth-order valence-electron chi connectivity index (χ4n) is 2.21. The van der Waals surface area contributed by atoms with Crippen LogP contribution in [0.25, 0.3) is 0 Å². The number of rotatable bonds is 14. The lowest BCUT2D eigenvalue weighted by Crippen LogP contribution is -2.75. The third-order valence-corrected chi connectivity index (χ3v) is 10.6. The Labute approximate surface area is 137 Å². The van der Waals surface area contributed by atoms with E-state index in [1.807, 2.05) is 41.5 Å². The minimum atomic E-state index is -3.18. The molecule has 0 aliphatic heterocycles. The molecule has 0 radical (unpaired) electrons. The van der Waals surface area contributed by atoms with Gasteiger partial charge in [-0.25, -0.2) is 0 Å². The van der Waals surface area contributed by atoms with Gasteiger partial charge in [-0.15, -0.1) is 0 Å². The maximum atomic E-state index is 6.52. The van der Waals surface area contributed by atoms with E-state index in [0.29, 0.717) is 39.6 Å². The predicted octanol–water partition coefficient (Wildman–Crippen LogP) is 1.49. The highest BCUT2D eigenvalue weighted by Crippen LogP contribution is 2.24. The molecule has 0 aliphatic carbocycles. The van der Waals surface area contributed by atoms with Crippen LogP contribution in [-0.4, -0.2) is 62.5 Å². The highest BCUT2D eigenvalue weighted by molar-refractivity contribution is 6.82. The summed E-state index contributed by atoms with van der Waals surface area (Å²) >= 11 is 0. The van der Waals surface area contributed by atoms with E-state index in [2.05, 4.69) is 0 Å². The number of nitrogens with two attached hydrogens (primary N) is 1. The highest BCUT2D eigenvalue weighted by atomic mass is 28.5. The first-order valence-corrected chi connectivity index (χ1v) is 11.7. The Morgan fingerprint density at radius 1 is 0.545 bits per heavy atom. The summed E-state index contributed by atoms with van der Waals surface area (Å²) in [5.74, 6) is 0. The zero-order valence-electron chi connectivity index (χ0n) is 14.8. The zero-order chi connectivity index (χ0) is 17.1. The molecule has 0 heterocycles. The van der Waals surface area contributed by atoms with Crippen molar-refractivity contribution in [2.75, 3.05) is 39.6 Å². The van der Waals surface area contributed by atoms with E-state index in [0.717, 1.165) is 0 Å². The second-order valence-corrected chi connectivity index (χ2v) is 10.3. The lowest BCUT2D eigenvalue weighted by atomic mass is 10.9. The van der Waals surface area contributed by atoms with Crippen molar-refractivity contribution in [1.82, 2.24) is 0 Å². The van der Waals surface area contributed by atoms with Gasteiger partial charge in [0.2, 0.25) is 0 Å². The first kappa shape index (κ1) is 22.2. The molecule has 0 fully saturated rings. The molecule has 0 unspecified atom stereocenters. The standard InChI is InChI=1S/C13H33NO6Si2/c1-7-15-21(16-8-2,17-9-3)13(14)22(18-10-4,19-11-5)20-12-6/h13H,7-12,14H2,1-6H3. The van der Waals surface area contributed by atoms with Crippen molar-refractivity contribution in [3.8, 4) is 0 Å². The summed E-state index contributed by atoms with van der Waals surface area (Å²) < 4.78 is 35.3. The second kappa shape index (κ2) is 11.7. The quantitative estimate of drug-likeness (QED) is 0.473. The molecule has 0 aromatic heterocycles. The zero-order valence-corrected chi connectivity index (χ0v) is 16.8. The summed E-state index contributed by atoms with van der Waals surface area (Å²) in [4.78, 5) is 0. The van der Waals surface area contributed by atoms with Crippen LogP contribution >= 0.6 is 0 Å². The Morgan fingerprint density at radius 3 is 0.864 bits per heavy atom. The van der Waals surface area contributed by atoms with Crippen molar-refractivity contribution in [2.24, 2.45) is 5.73 Å². The molecule has 0 bridgehead atoms. The van der Waals surface area contributed by atoms with E-state index in [1.165, 1.54) is 0 Å². The Kier molecular flexibility index (Phi) is 11.7. The molecule has 7 nitrogen and oxygen atoms in total. The van der Waals surface area contributed by atoms with Crippen LogP contribution in [0.1, 0.15) is 41.5 Å². The van der Waals surface area contributed by atoms with Crippen molar-refractivity contribution >= 4 is 17.6 Å². The van der Waals surface area contributed by atoms with Crippen LogP contribution in [0, 0.1) is 0 Å². The van der Waals surface area contributed by atoms with Gasteiger partial charge < -0.3 is 32.3 Å². The molecule has 0 saturated heterocycles. The predicted molar refractivity (Wildman–Crippen MR) is 89.2 cm³/mol. The summed E-state index contributed by atoms with van der Waals surface area (Å²) in [5.41, 5.74) is 6.52. The van der Waals surface area contributed by atoms with Crippen molar-refractivity contribution in [3.05, 3.63) is 0 Å². The van der Waals surface area contributed by atoms with Gasteiger partial charge in [0.15, 0.2) is 0 Å². The van der Waals surface area contributed by atoms with Crippen LogP contribution in [0.2, 0.25) is 0 Å². The molecule has 0 amide bonds. The maximum absolute atomic E-state index is 6.52. The normalized spacial score (nSPS) is 13.1. The molecule has 0 aliphatic rings. The third-order valence-electron chi connectivity index (χ3n) is 2.83. The molecule has 0 aromatic carbocycles. The lowest BCUT2D eigenvalue weighted by molar-refractivity contribution is 0.0347. The summed E-state index contributed by atoms with van der Waals surface area (Å²) in [6.07, 6.45) is 0. The van der Waals surface area contributed by atoms with Gasteiger partial charge in [-0.2, -0.15) is 0 Å². The smallest absolute Gasteiger partial charge is 0.373 e. The molecule has 0 aromatic rings. The van der Waals surface area contributed by atoms with E-state index in [-0.39, 0.29) is 0 Å². The minimum absolute atomic E-state index is 0.439. The van der Waals surface area contributed by atoms with E-state index >= 15 is 0 Å². The molecule has 22 heavy (non-hydrogen) atoms. The molecular formula is C13H33NO6Si2. The van der Waals surface area contributed by atoms with E-state index in [4.69, 9.17) is 32.3 Å². The van der Waals surface area contributed by atoms with Crippen LogP contribution in [0.5, 0.6) is 0 Å². The van der Waals surface area contributed by atoms with Crippen molar-refractivity contribution in [1.29, 1.82) is 0 Å². The Bertz CT molecular complexity index is 225. The molecule has 134 valence electrons. The average Bonchev–Trinajstić information content (AvgIpc) is 2.48. The number of hydrogen-bond donors (Lipinski definition) is 1. The van der Waals surface area contributed by atoms with Crippen LogP contribution in [0.15, 0.2) is 0 Å². The molecule has 9 heteroatoms. The van der Waals surface area contributed by atoms with Gasteiger partial charge in [-0.3, -0.25) is 0 Å². The Morgan fingerprint density at radius 2 is 0.727 bits per heavy atom. The largest absolute Gasteiger partial charge is 0.523 e. The first-order valence-electron chi connectivity index (χ1n) is 8.11. The lowest BCUT2D eigenvalue weighted by Gasteiger charge is -2.40. The maximum Gasteiger partial charge on any atom is 0.523 e. The van der Waals surface area contributed by atoms with Gasteiger partial charge in [0.05, 0.1) is 0 Å². The Balaban J connectivity index is 5.67. The van der Waals surface area contributed by atoms with E-state index < -0.39 is 22.9 Å². The van der Waals surface area contributed by atoms with Crippen molar-refractivity contribution in [2.45, 2.75) is 46.8 Å². The summed E-state index contributed by atoms with van der Waals surface area (Å²) in [6.45, 7) is 14.0. The highest BCUT2D eigenvalue weighted by Gasteiger charge is 2.64. The number of hydrogen-bond acceptors (Lipinski definition) is 7. The second-order valence-electron chi connectivity index (χ2n) is 4.28. The van der Waals surface area contributed by atoms with Gasteiger partial charge in [0.1, 0.15) is 5.29 Å². The first-order chi connectivity index (χ1) is 10.5. The molecule has 0 atom stereocenters. The van der Waals surface area contributed by atoms with Crippen LogP contribution < -0.4 is 5.73 Å². The average molecular weight is 356 g/mol. The van der Waals surface area contributed by atoms with Gasteiger partial charge >= 0.3 is 17.6 Å². The molecule has 0 spiro atoms. The SMILES string of the molecule is CCO[Si](OCC)(OCC)C(N)[Si](OCC)(OCC)OCC. The summed E-state index contributed by atoms with van der Waals surface area (Å²) in [5, 5.41) is -0.681. The molecule has 2 N–H and O–H groups in total. The van der Waals surface area contributed by atoms with Gasteiger partial charge in [-0.1, -0.05) is 0 Å². The van der Waals surface area contributed by atoms with Gasteiger partial charge in [-0.05, 0) is 41.5 Å². The molecule has 0 rings (SSSR count). The monoisotopic (exact) mass is 355 g/mol. The van der Waals surface area contributed by atoms with Gasteiger partial charge in [0, 0.05) is 39.6 Å². The van der Waals surface area contributed by atoms with E-state index in [1.54, 1.807) is 0 Å². The third kappa shape index (κ3) is 5.66. The van der Waals surface area contributed by atoms with Crippen molar-refractivity contribution in [3.63, 3.8) is 0 Å². The van der Waals surface area contributed by atoms with Gasteiger partial charge in [0.25, 0.3) is 0 Å². The topological polar surface area (TPSA) is 81.4 Å². The summed E-state index contributed by atoms with van der Waals surface area (Å²) in [6, 6.07) is 0. The van der Waals surface area contributed by atoms with Crippen LogP contribution in [0.3, 0.4) is 0 Å². The fourth-order valence-corrected chi connectivity index (χ4v) is 9.44. The van der Waals surface area contributed by atoms with Crippen LogP contribution in [-0.2, 0) is 26.6 Å². The Hall–Kier alpha value is 0.154. The minimum Gasteiger partial charge on any atom is -0.373 e. The fraction of sp³-hybridized carbons (Fsp3) is 1.00. The molecular weight excluding hydrogens is 322 g/mol.